The highest BCUT2D eigenvalue weighted by atomic mass is 79.9. The van der Waals surface area contributed by atoms with Crippen molar-refractivity contribution in [1.29, 1.82) is 0 Å². The summed E-state index contributed by atoms with van der Waals surface area (Å²) in [5.74, 6) is -0.845. The van der Waals surface area contributed by atoms with Gasteiger partial charge in [-0.05, 0) is 42.8 Å². The van der Waals surface area contributed by atoms with E-state index < -0.39 is 12.1 Å². The first-order chi connectivity index (χ1) is 11.5. The maximum atomic E-state index is 12.3. The van der Waals surface area contributed by atoms with Gasteiger partial charge in [0.25, 0.3) is 5.91 Å². The number of para-hydroxylation sites is 1. The zero-order chi connectivity index (χ0) is 17.5. The molecule has 0 aliphatic carbocycles. The van der Waals surface area contributed by atoms with Gasteiger partial charge in [-0.1, -0.05) is 46.3 Å². The van der Waals surface area contributed by atoms with Crippen LogP contribution in [0.1, 0.15) is 12.5 Å². The average molecular weight is 388 g/mol. The Hall–Kier alpha value is -2.40. The molecule has 1 atom stereocenters. The molecule has 5 heteroatoms. The van der Waals surface area contributed by atoms with Gasteiger partial charge in [0.1, 0.15) is 0 Å². The summed E-state index contributed by atoms with van der Waals surface area (Å²) in [6.07, 6.45) is 2.09. The second-order valence-corrected chi connectivity index (χ2v) is 6.12. The molecule has 2 rings (SSSR count). The zero-order valence-corrected chi connectivity index (χ0v) is 15.1. The first-order valence-electron chi connectivity index (χ1n) is 7.44. The summed E-state index contributed by atoms with van der Waals surface area (Å²) in [6, 6.07) is 16.7. The predicted molar refractivity (Wildman–Crippen MR) is 98.6 cm³/mol. The molecule has 0 saturated heterocycles. The molecule has 0 heterocycles. The summed E-state index contributed by atoms with van der Waals surface area (Å²) in [5, 5.41) is 0. The third-order valence-corrected chi connectivity index (χ3v) is 3.87. The van der Waals surface area contributed by atoms with Gasteiger partial charge in [0.2, 0.25) is 0 Å². The van der Waals surface area contributed by atoms with Crippen LogP contribution in [0.2, 0.25) is 0 Å². The van der Waals surface area contributed by atoms with Crippen LogP contribution in [0.15, 0.2) is 65.1 Å². The zero-order valence-electron chi connectivity index (χ0n) is 13.5. The third-order valence-electron chi connectivity index (χ3n) is 3.38. The fourth-order valence-electron chi connectivity index (χ4n) is 2.09. The number of ether oxygens (including phenoxy) is 1. The molecule has 0 unspecified atom stereocenters. The predicted octanol–water partition coefficient (Wildman–Crippen LogP) is 4.06. The molecule has 0 aliphatic rings. The molecule has 4 nitrogen and oxygen atoms in total. The minimum Gasteiger partial charge on any atom is -0.449 e. The maximum Gasteiger partial charge on any atom is 0.331 e. The third kappa shape index (κ3) is 5.06. The Morgan fingerprint density at radius 3 is 2.50 bits per heavy atom. The molecule has 2 aromatic rings. The highest BCUT2D eigenvalue weighted by molar-refractivity contribution is 9.10. The van der Waals surface area contributed by atoms with Crippen LogP contribution in [0.3, 0.4) is 0 Å². The molecule has 2 aromatic carbocycles. The van der Waals surface area contributed by atoms with E-state index in [1.165, 1.54) is 11.0 Å². The second-order valence-electron chi connectivity index (χ2n) is 5.20. The lowest BCUT2D eigenvalue weighted by Gasteiger charge is -2.21. The number of rotatable bonds is 5. The first kappa shape index (κ1) is 17.9. The number of nitrogens with zero attached hydrogens (tertiary/aromatic N) is 1. The lowest BCUT2D eigenvalue weighted by atomic mass is 10.2. The number of anilines is 1. The molecule has 124 valence electrons. The number of amides is 1. The van der Waals surface area contributed by atoms with Crippen molar-refractivity contribution >= 4 is 39.6 Å². The maximum absolute atomic E-state index is 12.3. The Morgan fingerprint density at radius 1 is 1.12 bits per heavy atom. The van der Waals surface area contributed by atoms with Gasteiger partial charge in [-0.2, -0.15) is 0 Å². The van der Waals surface area contributed by atoms with Gasteiger partial charge in [-0.25, -0.2) is 4.79 Å². The average Bonchev–Trinajstić information content (AvgIpc) is 2.59. The fraction of sp³-hybridized carbons (Fsp3) is 0.158. The number of likely N-dealkylation sites (N-methyl/N-ethyl adjacent to an activating group) is 1. The number of carbonyl (C=O) groups is 2. The van der Waals surface area contributed by atoms with E-state index in [2.05, 4.69) is 15.9 Å². The summed E-state index contributed by atoms with van der Waals surface area (Å²) in [6.45, 7) is 1.56. The van der Waals surface area contributed by atoms with Crippen LogP contribution in [0.5, 0.6) is 0 Å². The Morgan fingerprint density at radius 2 is 1.83 bits per heavy atom. The van der Waals surface area contributed by atoms with Crippen molar-refractivity contribution in [1.82, 2.24) is 0 Å². The van der Waals surface area contributed by atoms with Crippen molar-refractivity contribution in [2.45, 2.75) is 13.0 Å². The van der Waals surface area contributed by atoms with Gasteiger partial charge in [-0.3, -0.25) is 4.79 Å². The molecular formula is C19H18BrNO3. The topological polar surface area (TPSA) is 46.6 Å². The summed E-state index contributed by atoms with van der Waals surface area (Å²) >= 11 is 3.37. The first-order valence-corrected chi connectivity index (χ1v) is 8.23. The van der Waals surface area contributed by atoms with Gasteiger partial charge in [0.05, 0.1) is 0 Å². The number of esters is 1. The molecule has 24 heavy (non-hydrogen) atoms. The van der Waals surface area contributed by atoms with Crippen molar-refractivity contribution in [2.24, 2.45) is 0 Å². The smallest absolute Gasteiger partial charge is 0.331 e. The van der Waals surface area contributed by atoms with E-state index in [4.69, 9.17) is 4.74 Å². The highest BCUT2D eigenvalue weighted by Crippen LogP contribution is 2.14. The molecular weight excluding hydrogens is 370 g/mol. The monoisotopic (exact) mass is 387 g/mol. The Labute approximate surface area is 149 Å². The van der Waals surface area contributed by atoms with Gasteiger partial charge >= 0.3 is 5.97 Å². The number of hydrogen-bond donors (Lipinski definition) is 0. The van der Waals surface area contributed by atoms with E-state index >= 15 is 0 Å². The van der Waals surface area contributed by atoms with Crippen LogP contribution in [0, 0.1) is 0 Å². The Balaban J connectivity index is 1.94. The van der Waals surface area contributed by atoms with Crippen molar-refractivity contribution in [3.05, 3.63) is 70.7 Å². The number of carbonyl (C=O) groups excluding carboxylic acids is 2. The van der Waals surface area contributed by atoms with Gasteiger partial charge < -0.3 is 9.64 Å². The van der Waals surface area contributed by atoms with Crippen LogP contribution in [0.25, 0.3) is 6.08 Å². The SMILES string of the molecule is C[C@@H](OC(=O)/C=C/c1cccc(Br)c1)C(=O)N(C)c1ccccc1. The summed E-state index contributed by atoms with van der Waals surface area (Å²) in [4.78, 5) is 25.7. The lowest BCUT2D eigenvalue weighted by Crippen LogP contribution is -2.37. The van der Waals surface area contributed by atoms with Gasteiger partial charge in [0, 0.05) is 23.3 Å². The van der Waals surface area contributed by atoms with Crippen molar-refractivity contribution < 1.29 is 14.3 Å². The van der Waals surface area contributed by atoms with E-state index in [0.717, 1.165) is 15.7 Å². The van der Waals surface area contributed by atoms with E-state index in [1.54, 1.807) is 20.0 Å². The van der Waals surface area contributed by atoms with E-state index in [0.29, 0.717) is 0 Å². The molecule has 0 spiro atoms. The van der Waals surface area contributed by atoms with E-state index in [-0.39, 0.29) is 5.91 Å². The minimum absolute atomic E-state index is 0.287. The number of halogens is 1. The van der Waals surface area contributed by atoms with Crippen molar-refractivity contribution in [3.8, 4) is 0 Å². The molecule has 0 bridgehead atoms. The van der Waals surface area contributed by atoms with Gasteiger partial charge in [0.15, 0.2) is 6.10 Å². The molecule has 0 saturated carbocycles. The molecule has 1 amide bonds. The lowest BCUT2D eigenvalue weighted by molar-refractivity contribution is -0.148. The summed E-state index contributed by atoms with van der Waals surface area (Å²) in [5.41, 5.74) is 1.61. The standard InChI is InChI=1S/C19H18BrNO3/c1-14(19(23)21(2)17-9-4-3-5-10-17)24-18(22)12-11-15-7-6-8-16(20)13-15/h3-14H,1-2H3/b12-11+/t14-/m1/s1. The van der Waals surface area contributed by atoms with Crippen molar-refractivity contribution in [3.63, 3.8) is 0 Å². The fourth-order valence-corrected chi connectivity index (χ4v) is 2.51. The Kier molecular flexibility index (Phi) is 6.32. The van der Waals surface area contributed by atoms with Crippen LogP contribution < -0.4 is 4.90 Å². The van der Waals surface area contributed by atoms with Crippen LogP contribution in [0.4, 0.5) is 5.69 Å². The largest absolute Gasteiger partial charge is 0.449 e. The summed E-state index contributed by atoms with van der Waals surface area (Å²) < 4.78 is 6.10. The number of hydrogen-bond acceptors (Lipinski definition) is 3. The quantitative estimate of drug-likeness (QED) is 0.573. The molecule has 0 N–H and O–H groups in total. The van der Waals surface area contributed by atoms with Crippen molar-refractivity contribution in [2.75, 3.05) is 11.9 Å². The Bertz CT molecular complexity index is 743. The van der Waals surface area contributed by atoms with E-state index in [1.807, 2.05) is 54.6 Å². The van der Waals surface area contributed by atoms with Crippen LogP contribution >= 0.6 is 15.9 Å². The van der Waals surface area contributed by atoms with E-state index in [9.17, 15) is 9.59 Å². The minimum atomic E-state index is -0.866. The van der Waals surface area contributed by atoms with Crippen LogP contribution in [-0.2, 0) is 14.3 Å². The molecule has 0 aliphatic heterocycles. The summed E-state index contributed by atoms with van der Waals surface area (Å²) in [7, 11) is 1.65. The highest BCUT2D eigenvalue weighted by Gasteiger charge is 2.21. The normalized spacial score (nSPS) is 12.0. The molecule has 0 radical (unpaired) electrons. The molecule has 0 fully saturated rings. The van der Waals surface area contributed by atoms with Gasteiger partial charge in [-0.15, -0.1) is 0 Å². The molecule has 0 aromatic heterocycles. The number of benzene rings is 2. The second kappa shape index (κ2) is 8.45. The van der Waals surface area contributed by atoms with Crippen LogP contribution in [-0.4, -0.2) is 25.0 Å².